The lowest BCUT2D eigenvalue weighted by Crippen LogP contribution is -2.26. The fourth-order valence-electron chi connectivity index (χ4n) is 4.07. The molecule has 0 saturated heterocycles. The number of fused-ring (bicyclic) bond motifs is 1. The zero-order valence-electron chi connectivity index (χ0n) is 19.9. The molecule has 0 amide bonds. The lowest BCUT2D eigenvalue weighted by molar-refractivity contribution is 0.412. The number of halogens is 1. The van der Waals surface area contributed by atoms with E-state index >= 15 is 0 Å². The summed E-state index contributed by atoms with van der Waals surface area (Å²) in [6.07, 6.45) is 3.63. The Balaban J connectivity index is 1.55. The van der Waals surface area contributed by atoms with Crippen LogP contribution in [0.1, 0.15) is 5.56 Å². The molecule has 0 aliphatic carbocycles. The third-order valence-electron chi connectivity index (χ3n) is 5.91. The van der Waals surface area contributed by atoms with E-state index in [4.69, 9.17) is 9.84 Å². The molecular formula is C28H18BrN5O3S. The van der Waals surface area contributed by atoms with Crippen molar-refractivity contribution in [2.45, 2.75) is 0 Å². The molecule has 0 radical (unpaired) electrons. The number of nitrogens with zero attached hydrogens (tertiary/aromatic N) is 5. The van der Waals surface area contributed by atoms with E-state index in [9.17, 15) is 9.59 Å². The predicted molar refractivity (Wildman–Crippen MR) is 151 cm³/mol. The predicted octanol–water partition coefficient (Wildman–Crippen LogP) is 4.35. The molecule has 0 bridgehead atoms. The molecule has 0 spiro atoms. The Bertz CT molecular complexity index is 1970. The first-order valence-electron chi connectivity index (χ1n) is 11.5. The van der Waals surface area contributed by atoms with Gasteiger partial charge in [-0.25, -0.2) is 4.68 Å². The Labute approximate surface area is 228 Å². The first-order chi connectivity index (χ1) is 18.5. The van der Waals surface area contributed by atoms with E-state index in [1.54, 1.807) is 42.1 Å². The zero-order valence-corrected chi connectivity index (χ0v) is 22.3. The van der Waals surface area contributed by atoms with Crippen molar-refractivity contribution in [1.29, 1.82) is 0 Å². The Hall–Kier alpha value is -4.41. The van der Waals surface area contributed by atoms with E-state index in [2.05, 4.69) is 26.0 Å². The highest BCUT2D eigenvalue weighted by molar-refractivity contribution is 9.10. The van der Waals surface area contributed by atoms with Crippen LogP contribution in [-0.4, -0.2) is 31.5 Å². The number of para-hydroxylation sites is 1. The first kappa shape index (κ1) is 24.0. The van der Waals surface area contributed by atoms with Gasteiger partial charge in [0.05, 0.1) is 21.8 Å². The largest absolute Gasteiger partial charge is 0.496 e. The molecule has 0 aliphatic heterocycles. The Morgan fingerprint density at radius 1 is 0.895 bits per heavy atom. The van der Waals surface area contributed by atoms with E-state index in [0.29, 0.717) is 21.5 Å². The molecule has 0 saturated carbocycles. The molecule has 0 aliphatic rings. The minimum absolute atomic E-state index is 0.130. The van der Waals surface area contributed by atoms with E-state index in [1.807, 2.05) is 60.8 Å². The summed E-state index contributed by atoms with van der Waals surface area (Å²) >= 11 is 4.66. The average molecular weight is 584 g/mol. The number of methoxy groups -OCH3 is 1. The fourth-order valence-corrected chi connectivity index (χ4v) is 5.51. The van der Waals surface area contributed by atoms with Crippen LogP contribution < -0.4 is 20.4 Å². The van der Waals surface area contributed by atoms with Crippen LogP contribution >= 0.6 is 27.3 Å². The van der Waals surface area contributed by atoms with Gasteiger partial charge in [0.1, 0.15) is 11.4 Å². The number of hydrogen-bond acceptors (Lipinski definition) is 7. The maximum atomic E-state index is 13.4. The molecule has 3 aromatic carbocycles. The summed E-state index contributed by atoms with van der Waals surface area (Å²) in [4.78, 5) is 30.4. The van der Waals surface area contributed by atoms with Gasteiger partial charge in [0.15, 0.2) is 5.69 Å². The van der Waals surface area contributed by atoms with Gasteiger partial charge < -0.3 is 4.74 Å². The van der Waals surface area contributed by atoms with Gasteiger partial charge in [-0.15, -0.1) is 0 Å². The number of ether oxygens (including phenoxy) is 1. The fraction of sp³-hybridized carbons (Fsp3) is 0.0357. The van der Waals surface area contributed by atoms with Gasteiger partial charge in [-0.1, -0.05) is 59.9 Å². The van der Waals surface area contributed by atoms with Crippen LogP contribution in [0.5, 0.6) is 5.75 Å². The maximum absolute atomic E-state index is 13.4. The summed E-state index contributed by atoms with van der Waals surface area (Å²) in [6, 6.07) is 24.4. The molecule has 38 heavy (non-hydrogen) atoms. The van der Waals surface area contributed by atoms with Crippen molar-refractivity contribution in [2.24, 2.45) is 0 Å². The lowest BCUT2D eigenvalue weighted by Gasteiger charge is -2.05. The lowest BCUT2D eigenvalue weighted by atomic mass is 10.1. The minimum Gasteiger partial charge on any atom is -0.496 e. The van der Waals surface area contributed by atoms with Crippen molar-refractivity contribution in [1.82, 2.24) is 24.4 Å². The topological polar surface area (TPSA) is 91.4 Å². The molecule has 3 heterocycles. The van der Waals surface area contributed by atoms with Crippen LogP contribution in [0.3, 0.4) is 0 Å². The summed E-state index contributed by atoms with van der Waals surface area (Å²) < 4.78 is 9.50. The highest BCUT2D eigenvalue weighted by Crippen LogP contribution is 2.32. The quantitative estimate of drug-likeness (QED) is 0.299. The normalized spacial score (nSPS) is 11.8. The Morgan fingerprint density at radius 3 is 2.34 bits per heavy atom. The number of rotatable bonds is 5. The molecule has 8 nitrogen and oxygen atoms in total. The summed E-state index contributed by atoms with van der Waals surface area (Å²) in [5, 5.41) is 9.18. The van der Waals surface area contributed by atoms with Crippen LogP contribution in [0.2, 0.25) is 0 Å². The van der Waals surface area contributed by atoms with Gasteiger partial charge in [-0.2, -0.15) is 19.7 Å². The van der Waals surface area contributed by atoms with Crippen LogP contribution in [0, 0.1) is 0 Å². The molecule has 186 valence electrons. The zero-order chi connectivity index (χ0) is 26.2. The third kappa shape index (κ3) is 4.33. The molecular weight excluding hydrogens is 566 g/mol. The van der Waals surface area contributed by atoms with Gasteiger partial charge in [-0.3, -0.25) is 9.59 Å². The summed E-state index contributed by atoms with van der Waals surface area (Å²) in [6.45, 7) is 0. The van der Waals surface area contributed by atoms with Gasteiger partial charge in [0.2, 0.25) is 4.96 Å². The minimum atomic E-state index is -0.482. The van der Waals surface area contributed by atoms with Crippen molar-refractivity contribution >= 4 is 38.3 Å². The highest BCUT2D eigenvalue weighted by Gasteiger charge is 2.16. The van der Waals surface area contributed by atoms with Crippen LogP contribution in [0.15, 0.2) is 99.1 Å². The molecule has 0 unspecified atom stereocenters. The molecule has 6 rings (SSSR count). The van der Waals surface area contributed by atoms with Crippen molar-refractivity contribution in [3.63, 3.8) is 0 Å². The second kappa shape index (κ2) is 9.81. The molecule has 10 heteroatoms. The Kier molecular flexibility index (Phi) is 6.18. The summed E-state index contributed by atoms with van der Waals surface area (Å²) in [7, 11) is 1.61. The second-order valence-corrected chi connectivity index (χ2v) is 10.2. The number of aromatic nitrogens is 5. The molecule has 0 fully saturated rings. The van der Waals surface area contributed by atoms with Crippen molar-refractivity contribution in [3.05, 3.63) is 120 Å². The molecule has 3 aromatic heterocycles. The summed E-state index contributed by atoms with van der Waals surface area (Å²) in [5.41, 5.74) is 3.01. The molecule has 0 N–H and O–H groups in total. The molecule has 6 aromatic rings. The average Bonchev–Trinajstić information content (AvgIpc) is 3.50. The number of thiazole rings is 1. The van der Waals surface area contributed by atoms with Gasteiger partial charge >= 0.3 is 5.56 Å². The van der Waals surface area contributed by atoms with Crippen LogP contribution in [0.25, 0.3) is 39.2 Å². The van der Waals surface area contributed by atoms with E-state index < -0.39 is 5.56 Å². The second-order valence-electron chi connectivity index (χ2n) is 8.30. The van der Waals surface area contributed by atoms with Gasteiger partial charge in [0.25, 0.3) is 5.56 Å². The van der Waals surface area contributed by atoms with Gasteiger partial charge in [-0.05, 0) is 52.3 Å². The summed E-state index contributed by atoms with van der Waals surface area (Å²) in [5.74, 6) is 0.698. The molecule has 0 atom stereocenters. The SMILES string of the molecule is COc1ccc(-c2nn(-c3ccccc3)cc2C=c2sc3nc(=O)c(-c4ccccc4)nn3c2=O)cc1Br. The van der Waals surface area contributed by atoms with E-state index in [1.165, 1.54) is 4.52 Å². The van der Waals surface area contributed by atoms with E-state index in [-0.39, 0.29) is 16.2 Å². The van der Waals surface area contributed by atoms with Crippen molar-refractivity contribution in [2.75, 3.05) is 7.11 Å². The van der Waals surface area contributed by atoms with Gasteiger partial charge in [0, 0.05) is 22.9 Å². The monoisotopic (exact) mass is 583 g/mol. The number of benzene rings is 3. The van der Waals surface area contributed by atoms with E-state index in [0.717, 1.165) is 32.6 Å². The third-order valence-corrected chi connectivity index (χ3v) is 7.49. The number of hydrogen-bond donors (Lipinski definition) is 0. The highest BCUT2D eigenvalue weighted by atomic mass is 79.9. The van der Waals surface area contributed by atoms with Crippen molar-refractivity contribution in [3.8, 4) is 34.0 Å². The van der Waals surface area contributed by atoms with Crippen LogP contribution in [0.4, 0.5) is 0 Å². The first-order valence-corrected chi connectivity index (χ1v) is 13.1. The smallest absolute Gasteiger partial charge is 0.300 e. The van der Waals surface area contributed by atoms with Crippen molar-refractivity contribution < 1.29 is 4.74 Å². The standard InChI is InChI=1S/C28H18BrN5O3S/c1-37-22-13-12-18(14-21(22)29)24-19(16-33(31-24)20-10-6-3-7-11-20)15-23-27(36)34-28(38-23)30-26(35)25(32-34)17-8-4-2-5-9-17/h2-16H,1H3. The Morgan fingerprint density at radius 2 is 1.63 bits per heavy atom. The van der Waals surface area contributed by atoms with Crippen LogP contribution in [-0.2, 0) is 0 Å². The maximum Gasteiger partial charge on any atom is 0.300 e.